The van der Waals surface area contributed by atoms with Crippen molar-refractivity contribution in [1.29, 1.82) is 0 Å². The summed E-state index contributed by atoms with van der Waals surface area (Å²) in [4.78, 5) is 19.2. The molecule has 0 unspecified atom stereocenters. The van der Waals surface area contributed by atoms with Crippen LogP contribution in [0.2, 0.25) is 0 Å². The van der Waals surface area contributed by atoms with Gasteiger partial charge in [-0.05, 0) is 25.3 Å². The zero-order chi connectivity index (χ0) is 22.2. The summed E-state index contributed by atoms with van der Waals surface area (Å²) in [6.45, 7) is 4.52. The van der Waals surface area contributed by atoms with E-state index in [0.717, 1.165) is 24.1 Å². The Morgan fingerprint density at radius 1 is 0.710 bits per heavy atom. The molecule has 0 aliphatic rings. The quantitative estimate of drug-likeness (QED) is 0.202. The van der Waals surface area contributed by atoms with Crippen LogP contribution in [0.3, 0.4) is 0 Å². The minimum Gasteiger partial charge on any atom is -0.408 e. The highest BCUT2D eigenvalue weighted by atomic mass is 32.1. The van der Waals surface area contributed by atoms with Crippen molar-refractivity contribution in [3.05, 3.63) is 27.3 Å². The van der Waals surface area contributed by atoms with Gasteiger partial charge >= 0.3 is 5.63 Å². The molecule has 2 aromatic heterocycles. The number of hydrogen-bond donors (Lipinski definition) is 0. The molecule has 0 radical (unpaired) electrons. The fraction of sp³-hybridized carbons (Fsp3) is 0.778. The van der Waals surface area contributed by atoms with Crippen LogP contribution in [0.4, 0.5) is 0 Å². The van der Waals surface area contributed by atoms with Crippen LogP contribution >= 0.6 is 11.3 Å². The first-order valence-electron chi connectivity index (χ1n) is 13.2. The molecule has 0 aliphatic heterocycles. The van der Waals surface area contributed by atoms with E-state index >= 15 is 0 Å². The molecule has 0 saturated carbocycles. The van der Waals surface area contributed by atoms with E-state index in [4.69, 9.17) is 4.42 Å². The van der Waals surface area contributed by atoms with Gasteiger partial charge in [0.25, 0.3) is 0 Å². The topological polar surface area (TPSA) is 43.1 Å². The summed E-state index contributed by atoms with van der Waals surface area (Å²) < 4.78 is 5.49. The molecule has 2 rings (SSSR count). The van der Waals surface area contributed by atoms with Gasteiger partial charge in [0.1, 0.15) is 4.83 Å². The first-order chi connectivity index (χ1) is 15.2. The first-order valence-corrected chi connectivity index (χ1v) is 14.0. The Balaban J connectivity index is 1.65. The van der Waals surface area contributed by atoms with Crippen LogP contribution in [0.5, 0.6) is 0 Å². The lowest BCUT2D eigenvalue weighted by atomic mass is 10.1. The Hall–Kier alpha value is -1.16. The maximum atomic E-state index is 12.4. The summed E-state index contributed by atoms with van der Waals surface area (Å²) in [5.41, 5.74) is -0.200. The van der Waals surface area contributed by atoms with E-state index in [1.165, 1.54) is 108 Å². The van der Waals surface area contributed by atoms with Crippen molar-refractivity contribution < 1.29 is 4.42 Å². The smallest absolute Gasteiger partial charge is 0.347 e. The van der Waals surface area contributed by atoms with Gasteiger partial charge in [-0.3, -0.25) is 0 Å². The second-order valence-corrected chi connectivity index (χ2v) is 10.2. The lowest BCUT2D eigenvalue weighted by Gasteiger charge is -2.01. The molecule has 31 heavy (non-hydrogen) atoms. The van der Waals surface area contributed by atoms with Gasteiger partial charge in [-0.2, -0.15) is 0 Å². The zero-order valence-electron chi connectivity index (χ0n) is 20.2. The van der Waals surface area contributed by atoms with Crippen molar-refractivity contribution in [2.24, 2.45) is 0 Å². The molecule has 2 aromatic rings. The third kappa shape index (κ3) is 10.8. The molecule has 0 aromatic carbocycles. The SMILES string of the molecule is CCCCCCCCCCCCc1cc2c(=O)oc(CCCCCCCCC)nc2s1. The fourth-order valence-electron chi connectivity index (χ4n) is 4.21. The molecule has 0 amide bonds. The van der Waals surface area contributed by atoms with Crippen LogP contribution in [0.15, 0.2) is 15.3 Å². The van der Waals surface area contributed by atoms with Crippen molar-refractivity contribution in [2.75, 3.05) is 0 Å². The van der Waals surface area contributed by atoms with Gasteiger partial charge in [0.15, 0.2) is 5.89 Å². The van der Waals surface area contributed by atoms with Gasteiger partial charge in [-0.1, -0.05) is 110 Å². The van der Waals surface area contributed by atoms with Crippen molar-refractivity contribution in [3.8, 4) is 0 Å². The summed E-state index contributed by atoms with van der Waals surface area (Å²) in [6, 6.07) is 2.02. The van der Waals surface area contributed by atoms with E-state index in [1.54, 1.807) is 11.3 Å². The van der Waals surface area contributed by atoms with Crippen LogP contribution in [0.1, 0.15) is 134 Å². The van der Waals surface area contributed by atoms with Gasteiger partial charge in [0, 0.05) is 11.3 Å². The molecular formula is C27H45NO2S. The monoisotopic (exact) mass is 447 g/mol. The summed E-state index contributed by atoms with van der Waals surface area (Å²) in [5.74, 6) is 0.624. The number of aryl methyl sites for hydroxylation is 2. The fourth-order valence-corrected chi connectivity index (χ4v) is 5.28. The predicted octanol–water partition coefficient (Wildman–Crippen LogP) is 9.01. The molecule has 2 heterocycles. The lowest BCUT2D eigenvalue weighted by Crippen LogP contribution is -2.03. The number of rotatable bonds is 19. The summed E-state index contributed by atoms with van der Waals surface area (Å²) >= 11 is 1.69. The highest BCUT2D eigenvalue weighted by Crippen LogP contribution is 2.24. The second kappa shape index (κ2) is 16.5. The first kappa shape index (κ1) is 26.1. The number of hydrogen-bond acceptors (Lipinski definition) is 4. The molecule has 176 valence electrons. The third-order valence-electron chi connectivity index (χ3n) is 6.19. The zero-order valence-corrected chi connectivity index (χ0v) is 21.0. The van der Waals surface area contributed by atoms with Gasteiger partial charge in [-0.25, -0.2) is 9.78 Å². The van der Waals surface area contributed by atoms with Crippen molar-refractivity contribution >= 4 is 21.6 Å². The predicted molar refractivity (Wildman–Crippen MR) is 135 cm³/mol. The van der Waals surface area contributed by atoms with Gasteiger partial charge in [-0.15, -0.1) is 11.3 Å². The van der Waals surface area contributed by atoms with E-state index in [0.29, 0.717) is 11.3 Å². The van der Waals surface area contributed by atoms with E-state index in [2.05, 4.69) is 18.8 Å². The van der Waals surface area contributed by atoms with Crippen LogP contribution in [0.25, 0.3) is 10.2 Å². The maximum Gasteiger partial charge on any atom is 0.347 e. The summed E-state index contributed by atoms with van der Waals surface area (Å²) in [7, 11) is 0. The average molecular weight is 448 g/mol. The molecule has 3 nitrogen and oxygen atoms in total. The van der Waals surface area contributed by atoms with E-state index in [1.807, 2.05) is 6.07 Å². The summed E-state index contributed by atoms with van der Waals surface area (Å²) in [6.07, 6.45) is 24.2. The van der Waals surface area contributed by atoms with E-state index in [-0.39, 0.29) is 5.63 Å². The minimum absolute atomic E-state index is 0.200. The number of unbranched alkanes of at least 4 members (excludes halogenated alkanes) is 15. The molecule has 0 saturated heterocycles. The Morgan fingerprint density at radius 2 is 1.19 bits per heavy atom. The third-order valence-corrected chi connectivity index (χ3v) is 7.28. The van der Waals surface area contributed by atoms with Crippen molar-refractivity contribution in [1.82, 2.24) is 4.98 Å². The van der Waals surface area contributed by atoms with Crippen LogP contribution in [0, 0.1) is 0 Å². The highest BCUT2D eigenvalue weighted by Gasteiger charge is 2.11. The Morgan fingerprint density at radius 3 is 1.74 bits per heavy atom. The average Bonchev–Trinajstić information content (AvgIpc) is 3.18. The van der Waals surface area contributed by atoms with E-state index < -0.39 is 0 Å². The summed E-state index contributed by atoms with van der Waals surface area (Å²) in [5, 5.41) is 0.676. The van der Waals surface area contributed by atoms with Crippen LogP contribution in [-0.4, -0.2) is 4.98 Å². The largest absolute Gasteiger partial charge is 0.408 e. The Kier molecular flexibility index (Phi) is 13.9. The molecule has 0 fully saturated rings. The molecule has 0 atom stereocenters. The maximum absolute atomic E-state index is 12.4. The minimum atomic E-state index is -0.200. The Bertz CT molecular complexity index is 764. The highest BCUT2D eigenvalue weighted by molar-refractivity contribution is 7.18. The normalized spacial score (nSPS) is 11.5. The molecule has 0 bridgehead atoms. The number of nitrogens with zero attached hydrogens (tertiary/aromatic N) is 1. The van der Waals surface area contributed by atoms with E-state index in [9.17, 15) is 4.79 Å². The van der Waals surface area contributed by atoms with Gasteiger partial charge in [0.05, 0.1) is 5.39 Å². The van der Waals surface area contributed by atoms with Gasteiger partial charge in [0.2, 0.25) is 0 Å². The molecular weight excluding hydrogens is 402 g/mol. The Labute approximate surface area is 194 Å². The van der Waals surface area contributed by atoms with Crippen LogP contribution in [-0.2, 0) is 12.8 Å². The van der Waals surface area contributed by atoms with Crippen molar-refractivity contribution in [2.45, 2.75) is 136 Å². The second-order valence-electron chi connectivity index (χ2n) is 9.13. The molecule has 0 spiro atoms. The number of thiophene rings is 1. The number of fused-ring (bicyclic) bond motifs is 1. The molecule has 0 N–H and O–H groups in total. The standard InChI is InChI=1S/C27H45NO2S/c1-3-5-7-9-11-12-13-15-16-18-20-23-22-24-26(31-23)28-25(30-27(24)29)21-19-17-14-10-8-6-4-2/h22H,3-21H2,1-2H3. The van der Waals surface area contributed by atoms with Crippen molar-refractivity contribution in [3.63, 3.8) is 0 Å². The molecule has 0 aliphatic carbocycles. The van der Waals surface area contributed by atoms with Crippen LogP contribution < -0.4 is 5.63 Å². The molecule has 4 heteroatoms. The lowest BCUT2D eigenvalue weighted by molar-refractivity contribution is 0.434. The van der Waals surface area contributed by atoms with Gasteiger partial charge < -0.3 is 4.42 Å². The number of aromatic nitrogens is 1.